The summed E-state index contributed by atoms with van der Waals surface area (Å²) in [7, 11) is -2.51. The molecular weight excluding hydrogens is 479 g/mol. The highest BCUT2D eigenvalue weighted by Crippen LogP contribution is 2.24. The molecule has 0 heterocycles. The lowest BCUT2D eigenvalue weighted by atomic mass is 10.1. The maximum absolute atomic E-state index is 14.4. The van der Waals surface area contributed by atoms with Crippen LogP contribution < -0.4 is 10.1 Å². The van der Waals surface area contributed by atoms with Gasteiger partial charge in [-0.2, -0.15) is 4.31 Å². The molecule has 0 bridgehead atoms. The Kier molecular flexibility index (Phi) is 8.66. The largest absolute Gasteiger partial charge is 0.497 e. The molecule has 0 aliphatic heterocycles. The molecule has 3 aromatic carbocycles. The molecule has 0 radical (unpaired) electrons. The third-order valence-electron chi connectivity index (χ3n) is 5.27. The van der Waals surface area contributed by atoms with Crippen molar-refractivity contribution in [2.24, 2.45) is 0 Å². The Balaban J connectivity index is 1.76. The lowest BCUT2D eigenvalue weighted by Crippen LogP contribution is -2.41. The number of halogens is 2. The van der Waals surface area contributed by atoms with Crippen molar-refractivity contribution in [1.82, 2.24) is 9.62 Å². The molecule has 3 aromatic rings. The van der Waals surface area contributed by atoms with Crippen molar-refractivity contribution in [3.8, 4) is 5.75 Å². The highest BCUT2D eigenvalue weighted by Gasteiger charge is 2.28. The minimum absolute atomic E-state index is 0.00545. The van der Waals surface area contributed by atoms with Gasteiger partial charge in [0.15, 0.2) is 0 Å². The average molecular weight is 505 g/mol. The Hall–Kier alpha value is -2.94. The van der Waals surface area contributed by atoms with Crippen molar-refractivity contribution in [3.05, 3.63) is 94.3 Å². The van der Waals surface area contributed by atoms with E-state index in [0.29, 0.717) is 13.0 Å². The van der Waals surface area contributed by atoms with E-state index < -0.39 is 28.3 Å². The van der Waals surface area contributed by atoms with E-state index in [-0.39, 0.29) is 22.0 Å². The van der Waals surface area contributed by atoms with Crippen LogP contribution in [0.25, 0.3) is 0 Å². The number of amides is 1. The highest BCUT2D eigenvalue weighted by atomic mass is 35.5. The van der Waals surface area contributed by atoms with Gasteiger partial charge in [-0.15, -0.1) is 0 Å². The Labute approximate surface area is 204 Å². The van der Waals surface area contributed by atoms with E-state index in [1.165, 1.54) is 30.3 Å². The first kappa shape index (κ1) is 25.7. The smallest absolute Gasteiger partial charge is 0.243 e. The average Bonchev–Trinajstić information content (AvgIpc) is 2.81. The fourth-order valence-corrected chi connectivity index (χ4v) is 4.89. The Morgan fingerprint density at radius 3 is 2.35 bits per heavy atom. The summed E-state index contributed by atoms with van der Waals surface area (Å²) in [5.41, 5.74) is 1.88. The van der Waals surface area contributed by atoms with Crippen LogP contribution in [0.1, 0.15) is 16.7 Å². The summed E-state index contributed by atoms with van der Waals surface area (Å²) in [6, 6.07) is 17.8. The molecule has 3 rings (SSSR count). The fourth-order valence-electron chi connectivity index (χ4n) is 3.30. The molecule has 1 N–H and O–H groups in total. The van der Waals surface area contributed by atoms with E-state index >= 15 is 0 Å². The zero-order valence-electron chi connectivity index (χ0n) is 18.9. The molecule has 0 aliphatic rings. The number of benzene rings is 3. The fraction of sp³-hybridized carbons (Fsp3) is 0.240. The van der Waals surface area contributed by atoms with Crippen LogP contribution >= 0.6 is 11.6 Å². The van der Waals surface area contributed by atoms with E-state index in [9.17, 15) is 17.6 Å². The predicted octanol–water partition coefficient (Wildman–Crippen LogP) is 4.35. The first-order chi connectivity index (χ1) is 16.2. The molecule has 0 fully saturated rings. The monoisotopic (exact) mass is 504 g/mol. The van der Waals surface area contributed by atoms with Gasteiger partial charge in [0.05, 0.1) is 18.6 Å². The number of rotatable bonds is 10. The van der Waals surface area contributed by atoms with Crippen molar-refractivity contribution in [2.75, 3.05) is 20.2 Å². The predicted molar refractivity (Wildman–Crippen MR) is 130 cm³/mol. The van der Waals surface area contributed by atoms with Crippen molar-refractivity contribution < 1.29 is 22.3 Å². The standard InChI is InChI=1S/C25H26ClFN2O4S/c1-18-6-12-21(13-7-18)34(31,32)29(16-22-23(26)4-3-5-24(22)27)17-25(30)28-15-14-19-8-10-20(33-2)11-9-19/h3-13H,14-17H2,1-2H3,(H,28,30). The quantitative estimate of drug-likeness (QED) is 0.445. The third kappa shape index (κ3) is 6.56. The maximum atomic E-state index is 14.4. The molecule has 6 nitrogen and oxygen atoms in total. The van der Waals surface area contributed by atoms with Crippen LogP contribution in [-0.2, 0) is 27.8 Å². The summed E-state index contributed by atoms with van der Waals surface area (Å²) in [4.78, 5) is 12.7. The van der Waals surface area contributed by atoms with Crippen LogP contribution in [0.4, 0.5) is 4.39 Å². The van der Waals surface area contributed by atoms with Crippen molar-refractivity contribution >= 4 is 27.5 Å². The summed E-state index contributed by atoms with van der Waals surface area (Å²) in [5.74, 6) is -0.412. The molecule has 0 spiro atoms. The normalized spacial score (nSPS) is 11.4. The summed E-state index contributed by atoms with van der Waals surface area (Å²) in [6.07, 6.45) is 0.555. The molecule has 1 amide bonds. The topological polar surface area (TPSA) is 75.7 Å². The number of hydrogen-bond donors (Lipinski definition) is 1. The van der Waals surface area contributed by atoms with Crippen molar-refractivity contribution in [1.29, 1.82) is 0 Å². The SMILES string of the molecule is COc1ccc(CCNC(=O)CN(Cc2c(F)cccc2Cl)S(=O)(=O)c2ccc(C)cc2)cc1. The molecule has 0 saturated heterocycles. The number of ether oxygens (including phenoxy) is 1. The number of aryl methyl sites for hydroxylation is 1. The van der Waals surface area contributed by atoms with Gasteiger partial charge in [0.1, 0.15) is 11.6 Å². The summed E-state index contributed by atoms with van der Waals surface area (Å²) >= 11 is 6.13. The molecule has 0 atom stereocenters. The lowest BCUT2D eigenvalue weighted by Gasteiger charge is -2.23. The van der Waals surface area contributed by atoms with Gasteiger partial charge in [-0.05, 0) is 55.3 Å². The lowest BCUT2D eigenvalue weighted by molar-refractivity contribution is -0.121. The summed E-state index contributed by atoms with van der Waals surface area (Å²) < 4.78 is 47.1. The van der Waals surface area contributed by atoms with Crippen molar-refractivity contribution in [2.45, 2.75) is 24.8 Å². The highest BCUT2D eigenvalue weighted by molar-refractivity contribution is 7.89. The Morgan fingerprint density at radius 2 is 1.74 bits per heavy atom. The van der Waals surface area contributed by atoms with Gasteiger partial charge >= 0.3 is 0 Å². The van der Waals surface area contributed by atoms with Gasteiger partial charge in [0.2, 0.25) is 15.9 Å². The van der Waals surface area contributed by atoms with E-state index in [4.69, 9.17) is 16.3 Å². The zero-order chi connectivity index (χ0) is 24.7. The van der Waals surface area contributed by atoms with Gasteiger partial charge in [0, 0.05) is 23.7 Å². The van der Waals surface area contributed by atoms with Crippen LogP contribution in [0.15, 0.2) is 71.6 Å². The Morgan fingerprint density at radius 1 is 1.06 bits per heavy atom. The van der Waals surface area contributed by atoms with E-state index in [2.05, 4.69) is 5.32 Å². The van der Waals surface area contributed by atoms with Crippen LogP contribution in [0.2, 0.25) is 5.02 Å². The molecule has 9 heteroatoms. The number of nitrogens with zero attached hydrogens (tertiary/aromatic N) is 1. The molecule has 34 heavy (non-hydrogen) atoms. The molecule has 0 aliphatic carbocycles. The molecule has 180 valence electrons. The summed E-state index contributed by atoms with van der Waals surface area (Å²) in [5, 5.41) is 2.82. The van der Waals surface area contributed by atoms with Gasteiger partial charge in [0.25, 0.3) is 0 Å². The van der Waals surface area contributed by atoms with Crippen LogP contribution in [0.5, 0.6) is 5.75 Å². The molecule has 0 saturated carbocycles. The number of hydrogen-bond acceptors (Lipinski definition) is 4. The molecular formula is C25H26ClFN2O4S. The van der Waals surface area contributed by atoms with Crippen LogP contribution in [-0.4, -0.2) is 38.8 Å². The molecule has 0 aromatic heterocycles. The van der Waals surface area contributed by atoms with E-state index in [1.54, 1.807) is 19.2 Å². The second kappa shape index (κ2) is 11.5. The van der Waals surface area contributed by atoms with Gasteiger partial charge in [-0.25, -0.2) is 12.8 Å². The first-order valence-corrected chi connectivity index (χ1v) is 12.4. The number of methoxy groups -OCH3 is 1. The van der Waals surface area contributed by atoms with E-state index in [0.717, 1.165) is 21.2 Å². The second-order valence-electron chi connectivity index (χ2n) is 7.73. The minimum atomic E-state index is -4.10. The van der Waals surface area contributed by atoms with Gasteiger partial charge in [-0.1, -0.05) is 47.5 Å². The number of sulfonamides is 1. The van der Waals surface area contributed by atoms with Gasteiger partial charge < -0.3 is 10.1 Å². The van der Waals surface area contributed by atoms with E-state index in [1.807, 2.05) is 31.2 Å². The van der Waals surface area contributed by atoms with Crippen LogP contribution in [0, 0.1) is 12.7 Å². The number of carbonyl (C=O) groups is 1. The van der Waals surface area contributed by atoms with Crippen molar-refractivity contribution in [3.63, 3.8) is 0 Å². The Bertz CT molecular complexity index is 1210. The molecule has 0 unspecified atom stereocenters. The maximum Gasteiger partial charge on any atom is 0.243 e. The zero-order valence-corrected chi connectivity index (χ0v) is 20.5. The third-order valence-corrected chi connectivity index (χ3v) is 7.43. The minimum Gasteiger partial charge on any atom is -0.497 e. The number of carbonyl (C=O) groups excluding carboxylic acids is 1. The van der Waals surface area contributed by atoms with Gasteiger partial charge in [-0.3, -0.25) is 4.79 Å². The summed E-state index contributed by atoms with van der Waals surface area (Å²) in [6.45, 7) is 1.28. The first-order valence-electron chi connectivity index (χ1n) is 10.6. The number of nitrogens with one attached hydrogen (secondary N) is 1. The second-order valence-corrected chi connectivity index (χ2v) is 10.1. The van der Waals surface area contributed by atoms with Crippen LogP contribution in [0.3, 0.4) is 0 Å².